The lowest BCUT2D eigenvalue weighted by molar-refractivity contribution is 0.144. The standard InChI is InChI=1S/C19H29N3O/c23-19(21-16-9-3-1-4-10-16)22(18-12-5-2-6-13-18)15-17-11-7-8-14-20-17/h7-8,11,14,16,18H,1-6,9-10,12-13,15H2,(H,21,23). The van der Waals surface area contributed by atoms with Crippen molar-refractivity contribution < 1.29 is 4.79 Å². The van der Waals surface area contributed by atoms with Gasteiger partial charge in [-0.05, 0) is 37.8 Å². The number of carbonyl (C=O) groups excluding carboxylic acids is 1. The van der Waals surface area contributed by atoms with Crippen molar-refractivity contribution >= 4 is 6.03 Å². The van der Waals surface area contributed by atoms with E-state index in [0.717, 1.165) is 31.4 Å². The van der Waals surface area contributed by atoms with Crippen molar-refractivity contribution in [2.75, 3.05) is 0 Å². The summed E-state index contributed by atoms with van der Waals surface area (Å²) in [5.74, 6) is 0. The van der Waals surface area contributed by atoms with Gasteiger partial charge in [0.05, 0.1) is 12.2 Å². The first-order valence-electron chi connectivity index (χ1n) is 9.30. The van der Waals surface area contributed by atoms with E-state index in [9.17, 15) is 4.79 Å². The quantitative estimate of drug-likeness (QED) is 0.902. The van der Waals surface area contributed by atoms with Gasteiger partial charge in [0.15, 0.2) is 0 Å². The first kappa shape index (κ1) is 16.3. The third kappa shape index (κ3) is 4.69. The summed E-state index contributed by atoms with van der Waals surface area (Å²) in [5, 5.41) is 3.30. The van der Waals surface area contributed by atoms with E-state index in [4.69, 9.17) is 0 Å². The smallest absolute Gasteiger partial charge is 0.318 e. The highest BCUT2D eigenvalue weighted by Gasteiger charge is 2.27. The average Bonchev–Trinajstić information content (AvgIpc) is 2.62. The zero-order valence-corrected chi connectivity index (χ0v) is 14.0. The van der Waals surface area contributed by atoms with Crippen LogP contribution in [0.4, 0.5) is 4.79 Å². The Morgan fingerprint density at radius 3 is 2.39 bits per heavy atom. The van der Waals surface area contributed by atoms with Crippen LogP contribution in [0.1, 0.15) is 69.9 Å². The number of hydrogen-bond acceptors (Lipinski definition) is 2. The normalized spacial score (nSPS) is 20.2. The molecule has 0 unspecified atom stereocenters. The Morgan fingerprint density at radius 2 is 1.74 bits per heavy atom. The number of aromatic nitrogens is 1. The van der Waals surface area contributed by atoms with Crippen molar-refractivity contribution in [2.24, 2.45) is 0 Å². The van der Waals surface area contributed by atoms with Gasteiger partial charge in [0.2, 0.25) is 0 Å². The van der Waals surface area contributed by atoms with Crippen LogP contribution in [0, 0.1) is 0 Å². The molecule has 0 aromatic carbocycles. The summed E-state index contributed by atoms with van der Waals surface area (Å²) in [4.78, 5) is 19.4. The maximum Gasteiger partial charge on any atom is 0.318 e. The molecule has 1 aromatic heterocycles. The number of nitrogens with one attached hydrogen (secondary N) is 1. The number of urea groups is 1. The fourth-order valence-corrected chi connectivity index (χ4v) is 3.93. The predicted molar refractivity (Wildman–Crippen MR) is 92.1 cm³/mol. The van der Waals surface area contributed by atoms with Gasteiger partial charge in [-0.15, -0.1) is 0 Å². The van der Waals surface area contributed by atoms with Gasteiger partial charge >= 0.3 is 6.03 Å². The molecule has 2 amide bonds. The second kappa shape index (κ2) is 8.32. The first-order valence-corrected chi connectivity index (χ1v) is 9.30. The van der Waals surface area contributed by atoms with Gasteiger partial charge in [-0.1, -0.05) is 44.6 Å². The molecule has 2 aliphatic rings. The molecular weight excluding hydrogens is 286 g/mol. The SMILES string of the molecule is O=C(NC1CCCCC1)N(Cc1ccccn1)C1CCCCC1. The largest absolute Gasteiger partial charge is 0.335 e. The lowest BCUT2D eigenvalue weighted by atomic mass is 9.93. The van der Waals surface area contributed by atoms with Crippen molar-refractivity contribution in [2.45, 2.75) is 82.8 Å². The Labute approximate surface area is 139 Å². The Bertz CT molecular complexity index is 479. The highest BCUT2D eigenvalue weighted by Crippen LogP contribution is 2.25. The van der Waals surface area contributed by atoms with Crippen LogP contribution >= 0.6 is 0 Å². The van der Waals surface area contributed by atoms with Crippen molar-refractivity contribution in [1.82, 2.24) is 15.2 Å². The number of carbonyl (C=O) groups is 1. The molecule has 1 N–H and O–H groups in total. The van der Waals surface area contributed by atoms with E-state index in [2.05, 4.69) is 15.2 Å². The second-order valence-corrected chi connectivity index (χ2v) is 7.03. The maximum absolute atomic E-state index is 12.9. The van der Waals surface area contributed by atoms with E-state index in [1.807, 2.05) is 24.4 Å². The van der Waals surface area contributed by atoms with Crippen LogP contribution in [0.15, 0.2) is 24.4 Å². The number of amides is 2. The highest BCUT2D eigenvalue weighted by molar-refractivity contribution is 5.75. The zero-order valence-electron chi connectivity index (χ0n) is 14.0. The van der Waals surface area contributed by atoms with Gasteiger partial charge in [0, 0.05) is 18.3 Å². The van der Waals surface area contributed by atoms with Gasteiger partial charge in [-0.25, -0.2) is 4.79 Å². The molecule has 2 fully saturated rings. The van der Waals surface area contributed by atoms with Crippen molar-refractivity contribution in [3.63, 3.8) is 0 Å². The van der Waals surface area contributed by atoms with Crippen LogP contribution in [0.25, 0.3) is 0 Å². The van der Waals surface area contributed by atoms with Crippen LogP contribution in [-0.4, -0.2) is 28.0 Å². The molecule has 0 bridgehead atoms. The summed E-state index contributed by atoms with van der Waals surface area (Å²) in [6, 6.07) is 6.80. The molecule has 4 heteroatoms. The van der Waals surface area contributed by atoms with Crippen molar-refractivity contribution in [3.05, 3.63) is 30.1 Å². The van der Waals surface area contributed by atoms with Crippen molar-refractivity contribution in [3.8, 4) is 0 Å². The minimum absolute atomic E-state index is 0.120. The molecular formula is C19H29N3O. The topological polar surface area (TPSA) is 45.2 Å². The molecule has 2 aliphatic carbocycles. The zero-order chi connectivity index (χ0) is 15.9. The monoisotopic (exact) mass is 315 g/mol. The predicted octanol–water partition coefficient (Wildman–Crippen LogP) is 4.26. The van der Waals surface area contributed by atoms with Crippen LogP contribution in [0.3, 0.4) is 0 Å². The molecule has 1 heterocycles. The molecule has 0 atom stereocenters. The summed E-state index contributed by atoms with van der Waals surface area (Å²) in [6.07, 6.45) is 13.9. The van der Waals surface area contributed by atoms with E-state index in [0.29, 0.717) is 18.6 Å². The second-order valence-electron chi connectivity index (χ2n) is 7.03. The first-order chi connectivity index (χ1) is 11.3. The number of pyridine rings is 1. The van der Waals surface area contributed by atoms with Gasteiger partial charge < -0.3 is 10.2 Å². The van der Waals surface area contributed by atoms with E-state index in [1.165, 1.54) is 38.5 Å². The molecule has 2 saturated carbocycles. The summed E-state index contributed by atoms with van der Waals surface area (Å²) in [6.45, 7) is 0.629. The molecule has 4 nitrogen and oxygen atoms in total. The number of hydrogen-bond donors (Lipinski definition) is 1. The number of rotatable bonds is 4. The molecule has 23 heavy (non-hydrogen) atoms. The lowest BCUT2D eigenvalue weighted by Crippen LogP contribution is -2.49. The molecule has 0 aliphatic heterocycles. The van der Waals surface area contributed by atoms with Gasteiger partial charge in [0.1, 0.15) is 0 Å². The molecule has 0 saturated heterocycles. The maximum atomic E-state index is 12.9. The summed E-state index contributed by atoms with van der Waals surface area (Å²) in [7, 11) is 0. The molecule has 0 radical (unpaired) electrons. The Balaban J connectivity index is 1.66. The Hall–Kier alpha value is -1.58. The third-order valence-electron chi connectivity index (χ3n) is 5.27. The minimum atomic E-state index is 0.120. The fraction of sp³-hybridized carbons (Fsp3) is 0.684. The Morgan fingerprint density at radius 1 is 1.04 bits per heavy atom. The minimum Gasteiger partial charge on any atom is -0.335 e. The molecule has 126 valence electrons. The number of nitrogens with zero attached hydrogens (tertiary/aromatic N) is 2. The van der Waals surface area contributed by atoms with E-state index in [-0.39, 0.29) is 6.03 Å². The molecule has 0 spiro atoms. The van der Waals surface area contributed by atoms with Crippen LogP contribution in [-0.2, 0) is 6.54 Å². The van der Waals surface area contributed by atoms with Gasteiger partial charge in [-0.3, -0.25) is 4.98 Å². The third-order valence-corrected chi connectivity index (χ3v) is 5.27. The summed E-state index contributed by atoms with van der Waals surface area (Å²) >= 11 is 0. The lowest BCUT2D eigenvalue weighted by Gasteiger charge is -2.36. The van der Waals surface area contributed by atoms with E-state index < -0.39 is 0 Å². The van der Waals surface area contributed by atoms with E-state index in [1.54, 1.807) is 0 Å². The van der Waals surface area contributed by atoms with E-state index >= 15 is 0 Å². The van der Waals surface area contributed by atoms with Crippen LogP contribution in [0.5, 0.6) is 0 Å². The fourth-order valence-electron chi connectivity index (χ4n) is 3.93. The molecule has 1 aromatic rings. The van der Waals surface area contributed by atoms with Gasteiger partial charge in [-0.2, -0.15) is 0 Å². The van der Waals surface area contributed by atoms with Crippen LogP contribution < -0.4 is 5.32 Å². The summed E-state index contributed by atoms with van der Waals surface area (Å²) < 4.78 is 0. The van der Waals surface area contributed by atoms with Gasteiger partial charge in [0.25, 0.3) is 0 Å². The summed E-state index contributed by atoms with van der Waals surface area (Å²) in [5.41, 5.74) is 0.983. The Kier molecular flexibility index (Phi) is 5.89. The van der Waals surface area contributed by atoms with Crippen LogP contribution in [0.2, 0.25) is 0 Å². The average molecular weight is 315 g/mol. The van der Waals surface area contributed by atoms with Crippen molar-refractivity contribution in [1.29, 1.82) is 0 Å². The highest BCUT2D eigenvalue weighted by atomic mass is 16.2. The molecule has 3 rings (SSSR count).